The quantitative estimate of drug-likeness (QED) is 0.200. The Morgan fingerprint density at radius 1 is 0.467 bits per heavy atom. The summed E-state index contributed by atoms with van der Waals surface area (Å²) >= 11 is 0. The van der Waals surface area contributed by atoms with Crippen molar-refractivity contribution < 1.29 is 0 Å². The van der Waals surface area contributed by atoms with Crippen LogP contribution in [0.2, 0.25) is 0 Å². The fraction of sp³-hybridized carbons (Fsp3) is 0.156. The molecular formula is C45H36. The number of hydrogen-bond acceptors (Lipinski definition) is 0. The Labute approximate surface area is 266 Å². The van der Waals surface area contributed by atoms with Gasteiger partial charge in [-0.1, -0.05) is 153 Å². The molecule has 45 heavy (non-hydrogen) atoms. The third-order valence-electron chi connectivity index (χ3n) is 10.9. The molecule has 216 valence electrons. The maximum atomic E-state index is 2.51. The Morgan fingerprint density at radius 2 is 1.04 bits per heavy atom. The van der Waals surface area contributed by atoms with Crippen LogP contribution in [-0.2, 0) is 5.41 Å². The molecule has 0 aromatic heterocycles. The molecule has 5 aromatic rings. The third-order valence-corrected chi connectivity index (χ3v) is 10.9. The van der Waals surface area contributed by atoms with Gasteiger partial charge >= 0.3 is 0 Å². The summed E-state index contributed by atoms with van der Waals surface area (Å²) in [6.07, 6.45) is 21.0. The normalized spacial score (nSPS) is 23.3. The Balaban J connectivity index is 1.01. The van der Waals surface area contributed by atoms with Gasteiger partial charge in [-0.05, 0) is 96.5 Å². The lowest BCUT2D eigenvalue weighted by Gasteiger charge is -2.40. The van der Waals surface area contributed by atoms with Crippen molar-refractivity contribution in [1.82, 2.24) is 0 Å². The van der Waals surface area contributed by atoms with Crippen molar-refractivity contribution in [3.63, 3.8) is 0 Å². The highest BCUT2D eigenvalue weighted by atomic mass is 14.4. The van der Waals surface area contributed by atoms with Crippen molar-refractivity contribution in [2.75, 3.05) is 0 Å². The molecule has 0 amide bonds. The van der Waals surface area contributed by atoms with Crippen LogP contribution >= 0.6 is 0 Å². The van der Waals surface area contributed by atoms with E-state index >= 15 is 0 Å². The van der Waals surface area contributed by atoms with Gasteiger partial charge in [-0.3, -0.25) is 0 Å². The first-order chi connectivity index (χ1) is 22.0. The zero-order chi connectivity index (χ0) is 30.1. The van der Waals surface area contributed by atoms with Crippen molar-refractivity contribution in [1.29, 1.82) is 0 Å². The van der Waals surface area contributed by atoms with Gasteiger partial charge in [-0.25, -0.2) is 0 Å². The van der Waals surface area contributed by atoms with E-state index in [2.05, 4.69) is 172 Å². The zero-order valence-corrected chi connectivity index (χ0v) is 25.8. The molecule has 4 aliphatic rings. The summed E-state index contributed by atoms with van der Waals surface area (Å²) in [6, 6.07) is 39.0. The standard InChI is InChI=1S/C45H36/c1-45(2)43-14-8-7-13-40(43)41-24-23-35(28-44(41)45)34-22-21-32-25-31(19-20-33(32)26-34)29-15-17-30(18-16-29)42-27-36-9-3-4-10-37(36)38-11-5-6-12-39(38)42/h3-28,36-39H,1-2H3. The topological polar surface area (TPSA) is 0 Å². The van der Waals surface area contributed by atoms with Gasteiger partial charge in [-0.2, -0.15) is 0 Å². The van der Waals surface area contributed by atoms with Crippen molar-refractivity contribution in [2.45, 2.75) is 19.3 Å². The fourth-order valence-corrected chi connectivity index (χ4v) is 8.45. The van der Waals surface area contributed by atoms with E-state index in [1.54, 1.807) is 0 Å². The van der Waals surface area contributed by atoms with Crippen LogP contribution in [0.4, 0.5) is 0 Å². The number of fused-ring (bicyclic) bond motifs is 7. The van der Waals surface area contributed by atoms with E-state index < -0.39 is 0 Å². The molecule has 0 spiro atoms. The molecule has 4 unspecified atom stereocenters. The first kappa shape index (κ1) is 26.5. The second-order valence-electron chi connectivity index (χ2n) is 13.7. The Morgan fingerprint density at radius 3 is 1.84 bits per heavy atom. The van der Waals surface area contributed by atoms with E-state index in [1.165, 1.54) is 66.4 Å². The van der Waals surface area contributed by atoms with Gasteiger partial charge < -0.3 is 0 Å². The molecule has 4 aliphatic carbocycles. The lowest BCUT2D eigenvalue weighted by atomic mass is 9.63. The van der Waals surface area contributed by atoms with E-state index in [1.807, 2.05) is 0 Å². The molecule has 0 fully saturated rings. The summed E-state index contributed by atoms with van der Waals surface area (Å²) in [5.74, 6) is 1.96. The molecule has 4 atom stereocenters. The van der Waals surface area contributed by atoms with E-state index in [0.717, 1.165) is 0 Å². The highest BCUT2D eigenvalue weighted by Crippen LogP contribution is 2.50. The van der Waals surface area contributed by atoms with Gasteiger partial charge in [0.25, 0.3) is 0 Å². The summed E-state index contributed by atoms with van der Waals surface area (Å²) in [7, 11) is 0. The summed E-state index contributed by atoms with van der Waals surface area (Å²) in [4.78, 5) is 0. The molecule has 0 radical (unpaired) electrons. The predicted octanol–water partition coefficient (Wildman–Crippen LogP) is 11.6. The number of allylic oxidation sites excluding steroid dienone is 10. The molecule has 5 aromatic carbocycles. The van der Waals surface area contributed by atoms with Crippen LogP contribution in [0.5, 0.6) is 0 Å². The maximum Gasteiger partial charge on any atom is 0.0159 e. The maximum absolute atomic E-state index is 2.51. The van der Waals surface area contributed by atoms with Crippen molar-refractivity contribution in [3.05, 3.63) is 175 Å². The average molecular weight is 577 g/mol. The number of hydrogen-bond donors (Lipinski definition) is 0. The molecule has 0 heteroatoms. The molecule has 0 nitrogen and oxygen atoms in total. The van der Waals surface area contributed by atoms with Crippen LogP contribution in [0.3, 0.4) is 0 Å². The largest absolute Gasteiger partial charge is 0.0799 e. The van der Waals surface area contributed by atoms with Gasteiger partial charge in [0.2, 0.25) is 0 Å². The van der Waals surface area contributed by atoms with E-state index in [0.29, 0.717) is 23.7 Å². The Kier molecular flexibility index (Phi) is 5.91. The lowest BCUT2D eigenvalue weighted by molar-refractivity contribution is 0.357. The molecule has 0 bridgehead atoms. The summed E-state index contributed by atoms with van der Waals surface area (Å²) in [6.45, 7) is 4.70. The van der Waals surface area contributed by atoms with Gasteiger partial charge in [0, 0.05) is 17.3 Å². The molecule has 0 saturated heterocycles. The van der Waals surface area contributed by atoms with E-state index in [-0.39, 0.29) is 5.41 Å². The van der Waals surface area contributed by atoms with E-state index in [4.69, 9.17) is 0 Å². The zero-order valence-electron chi connectivity index (χ0n) is 25.8. The van der Waals surface area contributed by atoms with Crippen LogP contribution in [0.15, 0.2) is 158 Å². The third kappa shape index (κ3) is 4.20. The molecule has 0 aliphatic heterocycles. The Bertz CT molecular complexity index is 2140. The monoisotopic (exact) mass is 576 g/mol. The minimum Gasteiger partial charge on any atom is -0.0799 e. The molecule has 9 rings (SSSR count). The average Bonchev–Trinajstić information content (AvgIpc) is 3.33. The first-order valence-corrected chi connectivity index (χ1v) is 16.4. The Hall–Kier alpha value is -4.94. The second kappa shape index (κ2) is 10.0. The summed E-state index contributed by atoms with van der Waals surface area (Å²) in [5, 5.41) is 2.55. The number of benzene rings is 5. The van der Waals surface area contributed by atoms with Crippen molar-refractivity contribution in [2.24, 2.45) is 23.7 Å². The molecule has 0 saturated carbocycles. The van der Waals surface area contributed by atoms with E-state index in [9.17, 15) is 0 Å². The van der Waals surface area contributed by atoms with Gasteiger partial charge in [-0.15, -0.1) is 0 Å². The SMILES string of the molecule is CC1(C)c2ccccc2-c2ccc(-c3ccc4cc(-c5ccc(C6=CC7C=CC=CC7C7C=CC=CC67)cc5)ccc4c3)cc21. The number of rotatable bonds is 3. The van der Waals surface area contributed by atoms with Crippen LogP contribution in [0, 0.1) is 23.7 Å². The summed E-state index contributed by atoms with van der Waals surface area (Å²) < 4.78 is 0. The summed E-state index contributed by atoms with van der Waals surface area (Å²) in [5.41, 5.74) is 13.5. The fourth-order valence-electron chi connectivity index (χ4n) is 8.45. The van der Waals surface area contributed by atoms with Gasteiger partial charge in [0.1, 0.15) is 0 Å². The minimum atomic E-state index is 0.00923. The van der Waals surface area contributed by atoms with Gasteiger partial charge in [0.15, 0.2) is 0 Å². The van der Waals surface area contributed by atoms with Crippen molar-refractivity contribution in [3.8, 4) is 33.4 Å². The van der Waals surface area contributed by atoms with Gasteiger partial charge in [0.05, 0.1) is 0 Å². The predicted molar refractivity (Wildman–Crippen MR) is 191 cm³/mol. The first-order valence-electron chi connectivity index (χ1n) is 16.4. The highest BCUT2D eigenvalue weighted by Gasteiger charge is 2.37. The smallest absolute Gasteiger partial charge is 0.0159 e. The highest BCUT2D eigenvalue weighted by molar-refractivity contribution is 5.92. The van der Waals surface area contributed by atoms with Crippen LogP contribution in [0.1, 0.15) is 30.5 Å². The van der Waals surface area contributed by atoms with Crippen LogP contribution in [0.25, 0.3) is 49.7 Å². The van der Waals surface area contributed by atoms with Crippen molar-refractivity contribution >= 4 is 16.3 Å². The molecular weight excluding hydrogens is 540 g/mol. The molecule has 0 N–H and O–H groups in total. The minimum absolute atomic E-state index is 0.00923. The second-order valence-corrected chi connectivity index (χ2v) is 13.7. The van der Waals surface area contributed by atoms with Crippen LogP contribution < -0.4 is 0 Å². The molecule has 0 heterocycles. The van der Waals surface area contributed by atoms with Crippen LogP contribution in [-0.4, -0.2) is 0 Å². The lowest BCUT2D eigenvalue weighted by Crippen LogP contribution is -2.31.